The molecule has 0 unspecified atom stereocenters. The van der Waals surface area contributed by atoms with Gasteiger partial charge >= 0.3 is 5.97 Å². The van der Waals surface area contributed by atoms with Crippen LogP contribution in [0.1, 0.15) is 0 Å². The van der Waals surface area contributed by atoms with Crippen molar-refractivity contribution in [3.05, 3.63) is 24.3 Å². The van der Waals surface area contributed by atoms with Crippen molar-refractivity contribution in [2.24, 2.45) is 0 Å². The van der Waals surface area contributed by atoms with E-state index >= 15 is 0 Å². The number of esters is 1. The first-order chi connectivity index (χ1) is 8.20. The minimum absolute atomic E-state index is 0.0898. The lowest BCUT2D eigenvalue weighted by molar-refractivity contribution is -0.149. The largest absolute Gasteiger partial charge is 0.467 e. The van der Waals surface area contributed by atoms with Gasteiger partial charge in [0.25, 0.3) is 0 Å². The highest BCUT2D eigenvalue weighted by Gasteiger charge is 2.15. The lowest BCUT2D eigenvalue weighted by Gasteiger charge is -2.07. The number of ether oxygens (including phenoxy) is 1. The van der Waals surface area contributed by atoms with Crippen molar-refractivity contribution >= 4 is 32.7 Å². The predicted octanol–water partition coefficient (Wildman–Crippen LogP) is 1.24. The fourth-order valence-electron chi connectivity index (χ4n) is 1.35. The maximum absolute atomic E-state index is 11.0. The summed E-state index contributed by atoms with van der Waals surface area (Å²) in [6, 6.07) is 7.73. The number of benzene rings is 1. The van der Waals surface area contributed by atoms with Gasteiger partial charge in [-0.15, -0.1) is 0 Å². The normalized spacial score (nSPS) is 12.4. The highest BCUT2D eigenvalue weighted by atomic mass is 32.1. The van der Waals surface area contributed by atoms with Crippen molar-refractivity contribution in [2.45, 2.75) is 6.10 Å². The van der Waals surface area contributed by atoms with E-state index in [0.717, 1.165) is 10.2 Å². The summed E-state index contributed by atoms with van der Waals surface area (Å²) in [5.41, 5.74) is 0.896. The van der Waals surface area contributed by atoms with Crippen molar-refractivity contribution in [2.75, 3.05) is 19.0 Å². The first kappa shape index (κ1) is 11.8. The molecule has 0 saturated carbocycles. The Kier molecular flexibility index (Phi) is 3.55. The molecule has 2 N–H and O–H groups in total. The molecule has 2 aromatic rings. The number of aliphatic hydroxyl groups excluding tert-OH is 1. The molecule has 1 aromatic carbocycles. The quantitative estimate of drug-likeness (QED) is 0.801. The maximum atomic E-state index is 11.0. The molecule has 1 heterocycles. The molecule has 6 heteroatoms. The summed E-state index contributed by atoms with van der Waals surface area (Å²) in [6.07, 6.45) is -1.17. The Morgan fingerprint density at radius 3 is 3.06 bits per heavy atom. The fourth-order valence-corrected chi connectivity index (χ4v) is 2.22. The van der Waals surface area contributed by atoms with Crippen LogP contribution in [0, 0.1) is 0 Å². The molecule has 90 valence electrons. The van der Waals surface area contributed by atoms with Gasteiger partial charge in [0.1, 0.15) is 0 Å². The molecular weight excluding hydrogens is 240 g/mol. The average molecular weight is 252 g/mol. The van der Waals surface area contributed by atoms with Gasteiger partial charge in [0.15, 0.2) is 11.2 Å². The zero-order valence-corrected chi connectivity index (χ0v) is 10.0. The number of anilines is 1. The van der Waals surface area contributed by atoms with E-state index in [0.29, 0.717) is 5.13 Å². The third kappa shape index (κ3) is 2.72. The number of rotatable bonds is 4. The second-order valence-electron chi connectivity index (χ2n) is 3.41. The third-order valence-electron chi connectivity index (χ3n) is 2.21. The maximum Gasteiger partial charge on any atom is 0.336 e. The zero-order valence-electron chi connectivity index (χ0n) is 9.21. The highest BCUT2D eigenvalue weighted by Crippen LogP contribution is 2.25. The van der Waals surface area contributed by atoms with Crippen LogP contribution in [-0.2, 0) is 9.53 Å². The number of hydrogen-bond donors (Lipinski definition) is 2. The van der Waals surface area contributed by atoms with Gasteiger partial charge < -0.3 is 15.2 Å². The number of nitrogens with one attached hydrogen (secondary N) is 1. The Balaban J connectivity index is 2.01. The molecule has 5 nitrogen and oxygen atoms in total. The van der Waals surface area contributed by atoms with Crippen LogP contribution in [0.5, 0.6) is 0 Å². The van der Waals surface area contributed by atoms with E-state index in [2.05, 4.69) is 15.0 Å². The summed E-state index contributed by atoms with van der Waals surface area (Å²) in [6.45, 7) is 0.0898. The van der Waals surface area contributed by atoms with Crippen LogP contribution < -0.4 is 5.32 Å². The van der Waals surface area contributed by atoms with E-state index in [-0.39, 0.29) is 6.54 Å². The monoisotopic (exact) mass is 252 g/mol. The van der Waals surface area contributed by atoms with Gasteiger partial charge in [0, 0.05) is 0 Å². The van der Waals surface area contributed by atoms with Crippen molar-refractivity contribution in [3.8, 4) is 0 Å². The van der Waals surface area contributed by atoms with Crippen molar-refractivity contribution in [1.82, 2.24) is 4.98 Å². The molecule has 0 bridgehead atoms. The van der Waals surface area contributed by atoms with Crippen molar-refractivity contribution in [1.29, 1.82) is 0 Å². The Labute approximate surface area is 102 Å². The molecule has 0 saturated heterocycles. The molecule has 0 aliphatic carbocycles. The van der Waals surface area contributed by atoms with Gasteiger partial charge in [-0.05, 0) is 12.1 Å². The van der Waals surface area contributed by atoms with Crippen molar-refractivity contribution < 1.29 is 14.6 Å². The molecule has 17 heavy (non-hydrogen) atoms. The second kappa shape index (κ2) is 5.11. The number of fused-ring (bicyclic) bond motifs is 1. The fraction of sp³-hybridized carbons (Fsp3) is 0.273. The summed E-state index contributed by atoms with van der Waals surface area (Å²) in [4.78, 5) is 15.3. The number of aromatic nitrogens is 1. The van der Waals surface area contributed by atoms with Gasteiger partial charge in [0.05, 0.1) is 23.9 Å². The summed E-state index contributed by atoms with van der Waals surface area (Å²) in [7, 11) is 1.24. The molecule has 0 amide bonds. The first-order valence-electron chi connectivity index (χ1n) is 5.06. The highest BCUT2D eigenvalue weighted by molar-refractivity contribution is 7.22. The molecule has 1 atom stereocenters. The molecular formula is C11H12N2O3S. The van der Waals surface area contributed by atoms with Gasteiger partial charge in [-0.3, -0.25) is 0 Å². The summed E-state index contributed by atoms with van der Waals surface area (Å²) in [5, 5.41) is 13.0. The summed E-state index contributed by atoms with van der Waals surface area (Å²) in [5.74, 6) is -0.654. The standard InChI is InChI=1S/C11H12N2O3S/c1-16-10(15)8(14)6-12-11-13-7-4-2-3-5-9(7)17-11/h2-5,8,14H,6H2,1H3,(H,12,13)/t8-/m0/s1. The van der Waals surface area contributed by atoms with E-state index in [9.17, 15) is 9.90 Å². The number of para-hydroxylation sites is 1. The van der Waals surface area contributed by atoms with Crippen LogP contribution in [-0.4, -0.2) is 35.8 Å². The van der Waals surface area contributed by atoms with E-state index in [1.165, 1.54) is 18.4 Å². The van der Waals surface area contributed by atoms with Crippen LogP contribution in [0.25, 0.3) is 10.2 Å². The number of thiazole rings is 1. The van der Waals surface area contributed by atoms with Crippen LogP contribution in [0.2, 0.25) is 0 Å². The molecule has 1 aromatic heterocycles. The van der Waals surface area contributed by atoms with E-state index in [1.54, 1.807) is 0 Å². The molecule has 0 aliphatic rings. The summed E-state index contributed by atoms with van der Waals surface area (Å²) >= 11 is 1.47. The Morgan fingerprint density at radius 1 is 1.59 bits per heavy atom. The molecule has 0 aliphatic heterocycles. The average Bonchev–Trinajstić information content (AvgIpc) is 2.77. The number of aliphatic hydroxyl groups is 1. The van der Waals surface area contributed by atoms with Crippen LogP contribution >= 0.6 is 11.3 Å². The minimum atomic E-state index is -1.17. The Bertz CT molecular complexity index is 493. The molecule has 2 rings (SSSR count). The van der Waals surface area contributed by atoms with Crippen LogP contribution in [0.15, 0.2) is 24.3 Å². The summed E-state index contributed by atoms with van der Waals surface area (Å²) < 4.78 is 5.47. The molecule has 0 fully saturated rings. The number of hydrogen-bond acceptors (Lipinski definition) is 6. The van der Waals surface area contributed by atoms with Crippen LogP contribution in [0.4, 0.5) is 5.13 Å². The lowest BCUT2D eigenvalue weighted by atomic mass is 10.3. The minimum Gasteiger partial charge on any atom is -0.467 e. The van der Waals surface area contributed by atoms with Crippen molar-refractivity contribution in [3.63, 3.8) is 0 Å². The van der Waals surface area contributed by atoms with Gasteiger partial charge in [-0.25, -0.2) is 9.78 Å². The topological polar surface area (TPSA) is 71.5 Å². The van der Waals surface area contributed by atoms with E-state index in [4.69, 9.17) is 0 Å². The number of carbonyl (C=O) groups is 1. The number of carbonyl (C=O) groups excluding carboxylic acids is 1. The zero-order chi connectivity index (χ0) is 12.3. The number of nitrogens with zero attached hydrogens (tertiary/aromatic N) is 1. The predicted molar refractivity (Wildman–Crippen MR) is 66.1 cm³/mol. The Hall–Kier alpha value is -1.66. The first-order valence-corrected chi connectivity index (χ1v) is 5.87. The lowest BCUT2D eigenvalue weighted by Crippen LogP contribution is -2.29. The van der Waals surface area contributed by atoms with E-state index < -0.39 is 12.1 Å². The molecule has 0 radical (unpaired) electrons. The SMILES string of the molecule is COC(=O)[C@@H](O)CNc1nc2ccccc2s1. The van der Waals surface area contributed by atoms with Gasteiger partial charge in [0.2, 0.25) is 0 Å². The molecule has 0 spiro atoms. The van der Waals surface area contributed by atoms with Gasteiger partial charge in [-0.1, -0.05) is 23.5 Å². The smallest absolute Gasteiger partial charge is 0.336 e. The van der Waals surface area contributed by atoms with Gasteiger partial charge in [-0.2, -0.15) is 0 Å². The van der Waals surface area contributed by atoms with E-state index in [1.807, 2.05) is 24.3 Å². The Morgan fingerprint density at radius 2 is 2.35 bits per heavy atom. The number of methoxy groups -OCH3 is 1. The second-order valence-corrected chi connectivity index (χ2v) is 4.44. The third-order valence-corrected chi connectivity index (χ3v) is 3.21. The van der Waals surface area contributed by atoms with Crippen LogP contribution in [0.3, 0.4) is 0 Å².